The van der Waals surface area contributed by atoms with Gasteiger partial charge in [-0.3, -0.25) is 4.79 Å². The van der Waals surface area contributed by atoms with Crippen molar-refractivity contribution in [2.75, 3.05) is 6.54 Å². The summed E-state index contributed by atoms with van der Waals surface area (Å²) in [5.41, 5.74) is 2.49. The molecule has 0 atom stereocenters. The van der Waals surface area contributed by atoms with Gasteiger partial charge in [-0.05, 0) is 30.5 Å². The number of tetrazole rings is 1. The molecule has 0 unspecified atom stereocenters. The molecule has 1 aromatic carbocycles. The number of aromatic amines is 1. The van der Waals surface area contributed by atoms with Crippen LogP contribution in [0.1, 0.15) is 35.1 Å². The number of nitrogens with one attached hydrogen (secondary N) is 2. The van der Waals surface area contributed by atoms with Crippen LogP contribution >= 0.6 is 0 Å². The molecule has 7 heteroatoms. The fraction of sp³-hybridized carbons (Fsp3) is 0.333. The van der Waals surface area contributed by atoms with Crippen LogP contribution < -0.4 is 5.32 Å². The van der Waals surface area contributed by atoms with Crippen molar-refractivity contribution in [3.05, 3.63) is 41.4 Å². The number of carbonyl (C=O) groups excluding carboxylic acids is 1. The summed E-state index contributed by atoms with van der Waals surface area (Å²) in [5, 5.41) is 17.4. The highest BCUT2D eigenvalue weighted by molar-refractivity contribution is 6.06. The first-order valence-corrected chi connectivity index (χ1v) is 7.28. The Bertz CT molecular complexity index is 763. The van der Waals surface area contributed by atoms with Gasteiger partial charge in [-0.1, -0.05) is 18.2 Å². The number of carbonyl (C=O) groups is 1. The maximum Gasteiger partial charge on any atom is 0.255 e. The third kappa shape index (κ3) is 2.98. The summed E-state index contributed by atoms with van der Waals surface area (Å²) in [7, 11) is 0. The van der Waals surface area contributed by atoms with E-state index in [1.165, 1.54) is 11.8 Å². The van der Waals surface area contributed by atoms with Crippen molar-refractivity contribution in [1.82, 2.24) is 25.9 Å². The standard InChI is InChI=1S/C15H17N5O2/c1-2-10-5-6-13-11(8-10)12(9-22-13)15(21)16-7-3-4-14-17-19-20-18-14/h5-6,8-9H,2-4,7H2,1H3,(H,16,21)(H,17,18,19,20). The van der Waals surface area contributed by atoms with E-state index in [4.69, 9.17) is 4.42 Å². The zero-order valence-corrected chi connectivity index (χ0v) is 12.3. The minimum Gasteiger partial charge on any atom is -0.463 e. The van der Waals surface area contributed by atoms with Crippen molar-refractivity contribution < 1.29 is 9.21 Å². The predicted octanol–water partition coefficient (Wildman–Crippen LogP) is 1.87. The van der Waals surface area contributed by atoms with Gasteiger partial charge in [0.15, 0.2) is 5.82 Å². The molecule has 0 fully saturated rings. The van der Waals surface area contributed by atoms with Gasteiger partial charge < -0.3 is 9.73 Å². The van der Waals surface area contributed by atoms with Crippen LogP contribution in [-0.2, 0) is 12.8 Å². The molecule has 7 nitrogen and oxygen atoms in total. The van der Waals surface area contributed by atoms with Crippen molar-refractivity contribution in [1.29, 1.82) is 0 Å². The van der Waals surface area contributed by atoms with Gasteiger partial charge in [0.05, 0.1) is 5.56 Å². The van der Waals surface area contributed by atoms with Crippen LogP contribution in [0.15, 0.2) is 28.9 Å². The zero-order chi connectivity index (χ0) is 15.4. The van der Waals surface area contributed by atoms with E-state index in [1.54, 1.807) is 0 Å². The van der Waals surface area contributed by atoms with Gasteiger partial charge in [0.1, 0.15) is 11.8 Å². The summed E-state index contributed by atoms with van der Waals surface area (Å²) < 4.78 is 5.44. The molecular formula is C15H17N5O2. The number of amides is 1. The monoisotopic (exact) mass is 299 g/mol. The fourth-order valence-electron chi connectivity index (χ4n) is 2.30. The molecule has 2 N–H and O–H groups in total. The van der Waals surface area contributed by atoms with Crippen molar-refractivity contribution in [3.63, 3.8) is 0 Å². The van der Waals surface area contributed by atoms with Crippen LogP contribution in [-0.4, -0.2) is 33.1 Å². The molecule has 0 saturated heterocycles. The summed E-state index contributed by atoms with van der Waals surface area (Å²) in [6.07, 6.45) is 3.86. The van der Waals surface area contributed by atoms with Crippen molar-refractivity contribution >= 4 is 16.9 Å². The largest absolute Gasteiger partial charge is 0.463 e. The SMILES string of the molecule is CCc1ccc2occ(C(=O)NCCCc3nn[nH]n3)c2c1. The van der Waals surface area contributed by atoms with E-state index in [0.29, 0.717) is 24.4 Å². The van der Waals surface area contributed by atoms with Gasteiger partial charge in [-0.25, -0.2) is 0 Å². The second kappa shape index (κ2) is 6.38. The lowest BCUT2D eigenvalue weighted by Gasteiger charge is -2.03. The van der Waals surface area contributed by atoms with E-state index < -0.39 is 0 Å². The van der Waals surface area contributed by atoms with E-state index in [1.807, 2.05) is 18.2 Å². The molecule has 2 heterocycles. The smallest absolute Gasteiger partial charge is 0.255 e. The topological polar surface area (TPSA) is 96.7 Å². The van der Waals surface area contributed by atoms with Crippen LogP contribution in [0.3, 0.4) is 0 Å². The van der Waals surface area contributed by atoms with Gasteiger partial charge in [-0.15, -0.1) is 10.2 Å². The minimum atomic E-state index is -0.125. The van der Waals surface area contributed by atoms with Crippen LogP contribution in [0.2, 0.25) is 0 Å². The Hall–Kier alpha value is -2.70. The number of furan rings is 1. The molecule has 22 heavy (non-hydrogen) atoms. The lowest BCUT2D eigenvalue weighted by Crippen LogP contribution is -2.24. The Kier molecular flexibility index (Phi) is 4.13. The van der Waals surface area contributed by atoms with E-state index in [9.17, 15) is 4.79 Å². The molecule has 0 bridgehead atoms. The molecule has 0 saturated carbocycles. The molecule has 0 spiro atoms. The van der Waals surface area contributed by atoms with Gasteiger partial charge in [0, 0.05) is 18.4 Å². The normalized spacial score (nSPS) is 11.0. The second-order valence-corrected chi connectivity index (χ2v) is 5.02. The number of fused-ring (bicyclic) bond motifs is 1. The van der Waals surface area contributed by atoms with Crippen molar-refractivity contribution in [3.8, 4) is 0 Å². The lowest BCUT2D eigenvalue weighted by atomic mass is 10.1. The maximum absolute atomic E-state index is 12.3. The molecule has 3 rings (SSSR count). The van der Waals surface area contributed by atoms with Gasteiger partial charge in [0.25, 0.3) is 5.91 Å². The van der Waals surface area contributed by atoms with Crippen LogP contribution in [0.4, 0.5) is 0 Å². The van der Waals surface area contributed by atoms with Crippen LogP contribution in [0, 0.1) is 0 Å². The first-order chi connectivity index (χ1) is 10.8. The van der Waals surface area contributed by atoms with Crippen LogP contribution in [0.25, 0.3) is 11.0 Å². The molecule has 3 aromatic rings. The first kappa shape index (κ1) is 14.2. The highest BCUT2D eigenvalue weighted by atomic mass is 16.3. The molecule has 0 aliphatic carbocycles. The Morgan fingerprint density at radius 2 is 2.32 bits per heavy atom. The summed E-state index contributed by atoms with van der Waals surface area (Å²) in [4.78, 5) is 12.3. The maximum atomic E-state index is 12.3. The Labute approximate surface area is 127 Å². The Morgan fingerprint density at radius 1 is 1.41 bits per heavy atom. The number of H-pyrrole nitrogens is 1. The highest BCUT2D eigenvalue weighted by Gasteiger charge is 2.13. The average Bonchev–Trinajstić information content (AvgIpc) is 3.20. The Balaban J connectivity index is 1.62. The van der Waals surface area contributed by atoms with E-state index in [-0.39, 0.29) is 5.91 Å². The van der Waals surface area contributed by atoms with Crippen LogP contribution in [0.5, 0.6) is 0 Å². The number of hydrogen-bond acceptors (Lipinski definition) is 5. The van der Waals surface area contributed by atoms with Crippen molar-refractivity contribution in [2.24, 2.45) is 0 Å². The summed E-state index contributed by atoms with van der Waals surface area (Å²) >= 11 is 0. The van der Waals surface area contributed by atoms with Gasteiger partial charge in [0.2, 0.25) is 0 Å². The van der Waals surface area contributed by atoms with E-state index in [0.717, 1.165) is 23.8 Å². The van der Waals surface area contributed by atoms with Gasteiger partial charge in [-0.2, -0.15) is 5.21 Å². The first-order valence-electron chi connectivity index (χ1n) is 7.28. The predicted molar refractivity (Wildman–Crippen MR) is 80.4 cm³/mol. The molecule has 0 aliphatic heterocycles. The number of aromatic nitrogens is 4. The van der Waals surface area contributed by atoms with Crippen molar-refractivity contribution in [2.45, 2.75) is 26.2 Å². The number of benzene rings is 1. The van der Waals surface area contributed by atoms with E-state index >= 15 is 0 Å². The zero-order valence-electron chi connectivity index (χ0n) is 12.3. The highest BCUT2D eigenvalue weighted by Crippen LogP contribution is 2.22. The molecule has 0 aliphatic rings. The van der Waals surface area contributed by atoms with Gasteiger partial charge >= 0.3 is 0 Å². The summed E-state index contributed by atoms with van der Waals surface area (Å²) in [6, 6.07) is 5.92. The number of hydrogen-bond donors (Lipinski definition) is 2. The molecular weight excluding hydrogens is 282 g/mol. The second-order valence-electron chi connectivity index (χ2n) is 5.02. The number of nitrogens with zero attached hydrogens (tertiary/aromatic N) is 3. The third-order valence-corrected chi connectivity index (χ3v) is 3.54. The summed E-state index contributed by atoms with van der Waals surface area (Å²) in [5.74, 6) is 0.524. The minimum absolute atomic E-state index is 0.125. The average molecular weight is 299 g/mol. The number of aryl methyl sites for hydroxylation is 2. The Morgan fingerprint density at radius 3 is 3.09 bits per heavy atom. The summed E-state index contributed by atoms with van der Waals surface area (Å²) in [6.45, 7) is 2.63. The van der Waals surface area contributed by atoms with E-state index in [2.05, 4.69) is 32.9 Å². The quantitative estimate of drug-likeness (QED) is 0.677. The lowest BCUT2D eigenvalue weighted by molar-refractivity contribution is 0.0954. The molecule has 0 radical (unpaired) electrons. The molecule has 114 valence electrons. The third-order valence-electron chi connectivity index (χ3n) is 3.54. The fourth-order valence-corrected chi connectivity index (χ4v) is 2.30. The number of rotatable bonds is 6. The molecule has 1 amide bonds. The molecule has 2 aromatic heterocycles.